The maximum Gasteiger partial charge on any atom is 0.251 e. The highest BCUT2D eigenvalue weighted by Gasteiger charge is 2.25. The fourth-order valence-electron chi connectivity index (χ4n) is 3.89. The van der Waals surface area contributed by atoms with Crippen LogP contribution in [0.5, 0.6) is 5.75 Å². The quantitative estimate of drug-likeness (QED) is 0.564. The van der Waals surface area contributed by atoms with E-state index >= 15 is 0 Å². The van der Waals surface area contributed by atoms with Crippen molar-refractivity contribution in [2.45, 2.75) is 45.1 Å². The summed E-state index contributed by atoms with van der Waals surface area (Å²) in [5, 5.41) is 6.96. The first kappa shape index (κ1) is 22.0. The van der Waals surface area contributed by atoms with Crippen LogP contribution in [0.1, 0.15) is 49.8 Å². The van der Waals surface area contributed by atoms with E-state index in [2.05, 4.69) is 10.6 Å². The fourth-order valence-corrected chi connectivity index (χ4v) is 3.89. The number of hydrogen-bond acceptors (Lipinski definition) is 7. The summed E-state index contributed by atoms with van der Waals surface area (Å²) in [6, 6.07) is 9.45. The number of para-hydroxylation sites is 1. The van der Waals surface area contributed by atoms with Crippen molar-refractivity contribution in [2.75, 3.05) is 25.5 Å². The zero-order valence-corrected chi connectivity index (χ0v) is 19.0. The van der Waals surface area contributed by atoms with Crippen LogP contribution in [-0.4, -0.2) is 47.1 Å². The molecule has 1 aromatic carbocycles. The summed E-state index contributed by atoms with van der Waals surface area (Å²) in [6.07, 6.45) is 2.11. The number of fused-ring (bicyclic) bond motifs is 1. The second-order valence-electron chi connectivity index (χ2n) is 9.15. The lowest BCUT2D eigenvalue weighted by molar-refractivity contribution is 0.100. The minimum Gasteiger partial charge on any atom is -0.496 e. The summed E-state index contributed by atoms with van der Waals surface area (Å²) in [6.45, 7) is 7.98. The van der Waals surface area contributed by atoms with Gasteiger partial charge < -0.3 is 21.1 Å². The molecular weight excluding hydrogens is 404 g/mol. The van der Waals surface area contributed by atoms with Crippen molar-refractivity contribution in [3.8, 4) is 17.0 Å². The number of pyridine rings is 1. The number of amides is 1. The van der Waals surface area contributed by atoms with Gasteiger partial charge in [-0.1, -0.05) is 32.9 Å². The molecular formula is C24H30N6O2. The van der Waals surface area contributed by atoms with E-state index in [0.29, 0.717) is 39.7 Å². The Morgan fingerprint density at radius 2 is 1.97 bits per heavy atom. The molecule has 0 aliphatic carbocycles. The molecule has 4 N–H and O–H groups in total. The second-order valence-corrected chi connectivity index (χ2v) is 9.15. The average molecular weight is 435 g/mol. The van der Waals surface area contributed by atoms with Gasteiger partial charge in [0.1, 0.15) is 22.6 Å². The van der Waals surface area contributed by atoms with Crippen molar-refractivity contribution < 1.29 is 9.53 Å². The molecule has 8 nitrogen and oxygen atoms in total. The topological polar surface area (TPSA) is 115 Å². The summed E-state index contributed by atoms with van der Waals surface area (Å²) in [7, 11) is 1.61. The van der Waals surface area contributed by atoms with Gasteiger partial charge in [-0.25, -0.2) is 15.0 Å². The Hall–Kier alpha value is -3.26. The Morgan fingerprint density at radius 3 is 2.62 bits per heavy atom. The van der Waals surface area contributed by atoms with Gasteiger partial charge in [-0.05, 0) is 37.6 Å². The van der Waals surface area contributed by atoms with Crippen LogP contribution in [0.25, 0.3) is 22.3 Å². The molecule has 2 aromatic heterocycles. The number of carbonyl (C=O) groups excluding carboxylic acids is 1. The number of ether oxygens (including phenoxy) is 1. The molecule has 1 aliphatic heterocycles. The SMILES string of the molecule is COc1ccccc1-c1cc(C(N)=O)c2nc(C(C)(C)C)nc(N[C@H]3CCCNC3)c2n1. The summed E-state index contributed by atoms with van der Waals surface area (Å²) >= 11 is 0. The lowest BCUT2D eigenvalue weighted by atomic mass is 9.95. The van der Waals surface area contributed by atoms with Crippen LogP contribution in [0.2, 0.25) is 0 Å². The number of hydrogen-bond donors (Lipinski definition) is 3. The smallest absolute Gasteiger partial charge is 0.251 e. The maximum atomic E-state index is 12.5. The van der Waals surface area contributed by atoms with Gasteiger partial charge in [0.2, 0.25) is 0 Å². The van der Waals surface area contributed by atoms with Gasteiger partial charge in [0.15, 0.2) is 5.82 Å². The first-order valence-corrected chi connectivity index (χ1v) is 10.9. The molecule has 0 saturated carbocycles. The number of methoxy groups -OCH3 is 1. The van der Waals surface area contributed by atoms with E-state index in [9.17, 15) is 4.79 Å². The fraction of sp³-hybridized carbons (Fsp3) is 0.417. The third-order valence-corrected chi connectivity index (χ3v) is 5.61. The molecule has 3 heterocycles. The predicted molar refractivity (Wildman–Crippen MR) is 126 cm³/mol. The van der Waals surface area contributed by atoms with Crippen LogP contribution in [0.3, 0.4) is 0 Å². The molecule has 0 bridgehead atoms. The first-order valence-electron chi connectivity index (χ1n) is 10.9. The Bertz CT molecular complexity index is 1150. The van der Waals surface area contributed by atoms with E-state index in [4.69, 9.17) is 25.4 Å². The Labute approximate surface area is 188 Å². The molecule has 1 aliphatic rings. The molecule has 4 rings (SSSR count). The number of primary amides is 1. The van der Waals surface area contributed by atoms with Gasteiger partial charge >= 0.3 is 0 Å². The third kappa shape index (κ3) is 4.36. The molecule has 1 amide bonds. The van der Waals surface area contributed by atoms with Crippen LogP contribution in [-0.2, 0) is 5.41 Å². The van der Waals surface area contributed by atoms with Crippen molar-refractivity contribution in [3.05, 3.63) is 41.7 Å². The van der Waals surface area contributed by atoms with Crippen LogP contribution < -0.4 is 21.1 Å². The number of rotatable bonds is 5. The third-order valence-electron chi connectivity index (χ3n) is 5.61. The second kappa shape index (κ2) is 8.70. The minimum atomic E-state index is -0.558. The minimum absolute atomic E-state index is 0.211. The molecule has 1 atom stereocenters. The number of piperidine rings is 1. The standard InChI is InChI=1S/C24H30N6O2/c1-24(2,3)23-29-19-16(21(25)31)12-17(15-9-5-6-10-18(15)32-4)28-20(19)22(30-23)27-14-8-7-11-26-13-14/h5-6,9-10,12,14,26H,7-8,11,13H2,1-4H3,(H2,25,31)(H,27,29,30)/t14-/m0/s1. The number of anilines is 1. The Morgan fingerprint density at radius 1 is 1.19 bits per heavy atom. The van der Waals surface area contributed by atoms with E-state index in [1.165, 1.54) is 0 Å². The number of benzene rings is 1. The van der Waals surface area contributed by atoms with Gasteiger partial charge in [0.25, 0.3) is 5.91 Å². The summed E-state index contributed by atoms with van der Waals surface area (Å²) in [4.78, 5) is 27.0. The normalized spacial score (nSPS) is 16.7. The predicted octanol–water partition coefficient (Wildman–Crippen LogP) is 3.26. The van der Waals surface area contributed by atoms with E-state index in [1.807, 2.05) is 45.0 Å². The summed E-state index contributed by atoms with van der Waals surface area (Å²) < 4.78 is 5.52. The molecule has 8 heteroatoms. The van der Waals surface area contributed by atoms with Crippen LogP contribution in [0.15, 0.2) is 30.3 Å². The van der Waals surface area contributed by atoms with Gasteiger partial charge in [-0.15, -0.1) is 0 Å². The van der Waals surface area contributed by atoms with Crippen molar-refractivity contribution in [2.24, 2.45) is 5.73 Å². The molecule has 0 radical (unpaired) electrons. The molecule has 1 saturated heterocycles. The monoisotopic (exact) mass is 434 g/mol. The highest BCUT2D eigenvalue weighted by atomic mass is 16.5. The van der Waals surface area contributed by atoms with Gasteiger partial charge in [-0.3, -0.25) is 4.79 Å². The van der Waals surface area contributed by atoms with Gasteiger partial charge in [0, 0.05) is 23.6 Å². The average Bonchev–Trinajstić information content (AvgIpc) is 2.78. The van der Waals surface area contributed by atoms with Crippen LogP contribution in [0, 0.1) is 0 Å². The zero-order valence-electron chi connectivity index (χ0n) is 19.0. The molecule has 32 heavy (non-hydrogen) atoms. The summed E-state index contributed by atoms with van der Waals surface area (Å²) in [5.41, 5.74) is 8.14. The lowest BCUT2D eigenvalue weighted by Crippen LogP contribution is -2.39. The molecule has 1 fully saturated rings. The highest BCUT2D eigenvalue weighted by molar-refractivity contribution is 6.07. The highest BCUT2D eigenvalue weighted by Crippen LogP contribution is 2.34. The first-order chi connectivity index (χ1) is 15.3. The number of nitrogens with two attached hydrogens (primary N) is 1. The van der Waals surface area contributed by atoms with Gasteiger partial charge in [0.05, 0.1) is 18.4 Å². The van der Waals surface area contributed by atoms with Crippen molar-refractivity contribution in [1.29, 1.82) is 0 Å². The molecule has 168 valence electrons. The van der Waals surface area contributed by atoms with E-state index < -0.39 is 5.91 Å². The zero-order chi connectivity index (χ0) is 22.9. The number of nitrogens with zero attached hydrogens (tertiary/aromatic N) is 3. The Balaban J connectivity index is 1.98. The van der Waals surface area contributed by atoms with Crippen molar-refractivity contribution in [3.63, 3.8) is 0 Å². The van der Waals surface area contributed by atoms with Crippen molar-refractivity contribution >= 4 is 22.8 Å². The number of carbonyl (C=O) groups is 1. The number of nitrogens with one attached hydrogen (secondary N) is 2. The van der Waals surface area contributed by atoms with Crippen LogP contribution >= 0.6 is 0 Å². The molecule has 3 aromatic rings. The van der Waals surface area contributed by atoms with Crippen LogP contribution in [0.4, 0.5) is 5.82 Å². The largest absolute Gasteiger partial charge is 0.496 e. The lowest BCUT2D eigenvalue weighted by Gasteiger charge is -2.26. The number of aromatic nitrogens is 3. The van der Waals surface area contributed by atoms with E-state index in [-0.39, 0.29) is 11.5 Å². The Kier molecular flexibility index (Phi) is 5.97. The maximum absolute atomic E-state index is 12.5. The van der Waals surface area contributed by atoms with Gasteiger partial charge in [-0.2, -0.15) is 0 Å². The van der Waals surface area contributed by atoms with E-state index in [0.717, 1.165) is 31.5 Å². The summed E-state index contributed by atoms with van der Waals surface area (Å²) in [5.74, 6) is 1.35. The molecule has 0 unspecified atom stereocenters. The van der Waals surface area contributed by atoms with Crippen molar-refractivity contribution in [1.82, 2.24) is 20.3 Å². The van der Waals surface area contributed by atoms with E-state index in [1.54, 1.807) is 13.2 Å². The molecule has 0 spiro atoms.